The maximum atomic E-state index is 12.0. The van der Waals surface area contributed by atoms with E-state index in [4.69, 9.17) is 0 Å². The van der Waals surface area contributed by atoms with Crippen LogP contribution in [-0.4, -0.2) is 34.6 Å². The minimum absolute atomic E-state index is 0.159. The van der Waals surface area contributed by atoms with Crippen LogP contribution in [0.15, 0.2) is 30.3 Å². The Kier molecular flexibility index (Phi) is 3.48. The summed E-state index contributed by atoms with van der Waals surface area (Å²) in [6, 6.07) is 9.79. The van der Waals surface area contributed by atoms with Crippen molar-refractivity contribution in [2.45, 2.75) is 31.8 Å². The Labute approximate surface area is 102 Å². The Morgan fingerprint density at radius 1 is 1.29 bits per heavy atom. The fraction of sp³-hybridized carbons (Fsp3) is 0.500. The first-order chi connectivity index (χ1) is 8.07. The Morgan fingerprint density at radius 3 is 2.47 bits per heavy atom. The zero-order chi connectivity index (χ0) is 12.3. The van der Waals surface area contributed by atoms with Crippen molar-refractivity contribution >= 4 is 5.91 Å². The van der Waals surface area contributed by atoms with Gasteiger partial charge in [0, 0.05) is 13.1 Å². The van der Waals surface area contributed by atoms with E-state index in [2.05, 4.69) is 0 Å². The smallest absolute Gasteiger partial charge is 0.226 e. The van der Waals surface area contributed by atoms with Crippen LogP contribution in [0.4, 0.5) is 0 Å². The molecular weight excluding hydrogens is 214 g/mol. The number of carbonyl (C=O) groups is 1. The minimum atomic E-state index is -0.594. The van der Waals surface area contributed by atoms with E-state index >= 15 is 0 Å². The van der Waals surface area contributed by atoms with Crippen molar-refractivity contribution in [3.8, 4) is 0 Å². The third kappa shape index (κ3) is 3.30. The summed E-state index contributed by atoms with van der Waals surface area (Å²) >= 11 is 0. The van der Waals surface area contributed by atoms with Gasteiger partial charge in [0.1, 0.15) is 0 Å². The molecule has 1 aromatic carbocycles. The highest BCUT2D eigenvalue weighted by Crippen LogP contribution is 2.21. The number of likely N-dealkylation sites (tertiary alicyclic amines) is 1. The third-order valence-corrected chi connectivity index (χ3v) is 3.39. The van der Waals surface area contributed by atoms with Crippen LogP contribution in [0.1, 0.15) is 25.3 Å². The molecule has 1 aliphatic heterocycles. The molecule has 0 aliphatic carbocycles. The first-order valence-electron chi connectivity index (χ1n) is 6.11. The molecule has 0 saturated carbocycles. The summed E-state index contributed by atoms with van der Waals surface area (Å²) in [5, 5.41) is 9.83. The normalized spacial score (nSPS) is 19.1. The van der Waals surface area contributed by atoms with Crippen LogP contribution in [-0.2, 0) is 11.2 Å². The molecule has 1 saturated heterocycles. The molecule has 1 heterocycles. The molecule has 0 unspecified atom stereocenters. The van der Waals surface area contributed by atoms with E-state index < -0.39 is 5.60 Å². The molecule has 1 aliphatic rings. The van der Waals surface area contributed by atoms with E-state index in [9.17, 15) is 9.90 Å². The number of benzene rings is 1. The molecule has 1 N–H and O–H groups in total. The minimum Gasteiger partial charge on any atom is -0.390 e. The second-order valence-electron chi connectivity index (χ2n) is 5.04. The Bertz CT molecular complexity index is 376. The lowest BCUT2D eigenvalue weighted by Gasteiger charge is -2.35. The topological polar surface area (TPSA) is 40.5 Å². The van der Waals surface area contributed by atoms with Crippen molar-refractivity contribution in [2.75, 3.05) is 13.1 Å². The van der Waals surface area contributed by atoms with Crippen LogP contribution < -0.4 is 0 Å². The summed E-state index contributed by atoms with van der Waals surface area (Å²) in [5.41, 5.74) is 0.457. The van der Waals surface area contributed by atoms with Gasteiger partial charge in [0.25, 0.3) is 0 Å². The van der Waals surface area contributed by atoms with Crippen LogP contribution in [0.2, 0.25) is 0 Å². The first kappa shape index (κ1) is 12.1. The largest absolute Gasteiger partial charge is 0.390 e. The number of carbonyl (C=O) groups excluding carboxylic acids is 1. The Balaban J connectivity index is 1.90. The highest BCUT2D eigenvalue weighted by atomic mass is 16.3. The highest BCUT2D eigenvalue weighted by molar-refractivity contribution is 5.78. The molecule has 1 aromatic rings. The number of hydrogen-bond donors (Lipinski definition) is 1. The molecule has 1 fully saturated rings. The van der Waals surface area contributed by atoms with Crippen LogP contribution in [0, 0.1) is 0 Å². The summed E-state index contributed by atoms with van der Waals surface area (Å²) < 4.78 is 0. The van der Waals surface area contributed by atoms with Gasteiger partial charge in [-0.2, -0.15) is 0 Å². The second kappa shape index (κ2) is 4.88. The number of rotatable bonds is 2. The average molecular weight is 233 g/mol. The van der Waals surface area contributed by atoms with E-state index in [-0.39, 0.29) is 5.91 Å². The van der Waals surface area contributed by atoms with Gasteiger partial charge in [0.2, 0.25) is 5.91 Å². The average Bonchev–Trinajstić information content (AvgIpc) is 2.30. The lowest BCUT2D eigenvalue weighted by molar-refractivity contribution is -0.134. The van der Waals surface area contributed by atoms with Gasteiger partial charge in [-0.1, -0.05) is 30.3 Å². The van der Waals surface area contributed by atoms with E-state index in [1.807, 2.05) is 42.2 Å². The van der Waals surface area contributed by atoms with Gasteiger partial charge in [-0.25, -0.2) is 0 Å². The van der Waals surface area contributed by atoms with Gasteiger partial charge in [-0.3, -0.25) is 4.79 Å². The molecule has 0 bridgehead atoms. The predicted molar refractivity (Wildman–Crippen MR) is 66.6 cm³/mol. The molecule has 3 nitrogen and oxygen atoms in total. The monoisotopic (exact) mass is 233 g/mol. The molecule has 3 heteroatoms. The zero-order valence-electron chi connectivity index (χ0n) is 10.2. The maximum Gasteiger partial charge on any atom is 0.226 e. The molecule has 0 aromatic heterocycles. The van der Waals surface area contributed by atoms with E-state index in [1.165, 1.54) is 0 Å². The standard InChI is InChI=1S/C14H19NO2/c1-14(17)7-9-15(10-8-14)13(16)11-12-5-3-2-4-6-12/h2-6,17H,7-11H2,1H3. The van der Waals surface area contributed by atoms with Crippen molar-refractivity contribution in [3.63, 3.8) is 0 Å². The lowest BCUT2D eigenvalue weighted by Crippen LogP contribution is -2.45. The maximum absolute atomic E-state index is 12.0. The van der Waals surface area contributed by atoms with Crippen molar-refractivity contribution < 1.29 is 9.90 Å². The van der Waals surface area contributed by atoms with Gasteiger partial charge in [-0.05, 0) is 25.3 Å². The fourth-order valence-electron chi connectivity index (χ4n) is 2.12. The summed E-state index contributed by atoms with van der Waals surface area (Å²) in [5.74, 6) is 0.159. The van der Waals surface area contributed by atoms with Gasteiger partial charge in [0.05, 0.1) is 12.0 Å². The van der Waals surface area contributed by atoms with Crippen LogP contribution >= 0.6 is 0 Å². The molecule has 2 rings (SSSR count). The van der Waals surface area contributed by atoms with Gasteiger partial charge in [0.15, 0.2) is 0 Å². The number of nitrogens with zero attached hydrogens (tertiary/aromatic N) is 1. The molecule has 0 atom stereocenters. The van der Waals surface area contributed by atoms with Crippen LogP contribution in [0.3, 0.4) is 0 Å². The molecule has 92 valence electrons. The molecule has 1 amide bonds. The van der Waals surface area contributed by atoms with Crippen molar-refractivity contribution in [1.29, 1.82) is 0 Å². The summed E-state index contributed by atoms with van der Waals surface area (Å²) in [4.78, 5) is 13.9. The number of piperidine rings is 1. The number of amides is 1. The van der Waals surface area contributed by atoms with E-state index in [1.54, 1.807) is 0 Å². The molecular formula is C14H19NO2. The predicted octanol–water partition coefficient (Wildman–Crippen LogP) is 1.60. The Morgan fingerprint density at radius 2 is 1.88 bits per heavy atom. The highest BCUT2D eigenvalue weighted by Gasteiger charge is 2.29. The van der Waals surface area contributed by atoms with Gasteiger partial charge >= 0.3 is 0 Å². The van der Waals surface area contributed by atoms with E-state index in [0.717, 1.165) is 5.56 Å². The van der Waals surface area contributed by atoms with E-state index in [0.29, 0.717) is 32.4 Å². The van der Waals surface area contributed by atoms with Gasteiger partial charge in [-0.15, -0.1) is 0 Å². The van der Waals surface area contributed by atoms with Crippen molar-refractivity contribution in [1.82, 2.24) is 4.90 Å². The first-order valence-corrected chi connectivity index (χ1v) is 6.11. The summed E-state index contributed by atoms with van der Waals surface area (Å²) in [6.07, 6.45) is 1.81. The van der Waals surface area contributed by atoms with Gasteiger partial charge < -0.3 is 10.0 Å². The Hall–Kier alpha value is -1.35. The lowest BCUT2D eigenvalue weighted by atomic mass is 9.93. The van der Waals surface area contributed by atoms with Crippen molar-refractivity contribution in [2.24, 2.45) is 0 Å². The molecule has 0 spiro atoms. The summed E-state index contributed by atoms with van der Waals surface area (Å²) in [6.45, 7) is 3.17. The molecule has 17 heavy (non-hydrogen) atoms. The fourth-order valence-corrected chi connectivity index (χ4v) is 2.12. The molecule has 0 radical (unpaired) electrons. The second-order valence-corrected chi connectivity index (χ2v) is 5.04. The quantitative estimate of drug-likeness (QED) is 0.843. The SMILES string of the molecule is CC1(O)CCN(C(=O)Cc2ccccc2)CC1. The zero-order valence-corrected chi connectivity index (χ0v) is 10.2. The third-order valence-electron chi connectivity index (χ3n) is 3.39. The number of hydrogen-bond acceptors (Lipinski definition) is 2. The van der Waals surface area contributed by atoms with Crippen LogP contribution in [0.5, 0.6) is 0 Å². The summed E-state index contributed by atoms with van der Waals surface area (Å²) in [7, 11) is 0. The van der Waals surface area contributed by atoms with Crippen LogP contribution in [0.25, 0.3) is 0 Å². The van der Waals surface area contributed by atoms with Crippen molar-refractivity contribution in [3.05, 3.63) is 35.9 Å². The number of aliphatic hydroxyl groups is 1.